The third-order valence-electron chi connectivity index (χ3n) is 5.12. The molecule has 0 bridgehead atoms. The Kier molecular flexibility index (Phi) is 4.70. The number of ether oxygens (including phenoxy) is 1. The molecular weight excluding hydrogens is 463 g/mol. The number of carbonyl (C=O) groups is 2. The van der Waals surface area contributed by atoms with Gasteiger partial charge in [-0.1, -0.05) is 0 Å². The summed E-state index contributed by atoms with van der Waals surface area (Å²) in [5.74, 6) is 0.499. The highest BCUT2D eigenvalue weighted by Crippen LogP contribution is 2.37. The minimum absolute atomic E-state index is 0.0698. The summed E-state index contributed by atoms with van der Waals surface area (Å²) in [7, 11) is 0. The standard InChI is InChI=1S/C18H19IN4O4/c1-9(12-4-7-23(12)18(25)26)27-13-8-20-5-2-10(13)16-15(19)14-11(22-16)3-6-21-17(14)24/h2,5,8-9,12,22H,3-4,6-7H2,1H3,(H,21,24)(H,25,26)/t9-,12+/m0/s1. The molecule has 1 saturated heterocycles. The van der Waals surface area contributed by atoms with Crippen LogP contribution in [0, 0.1) is 3.57 Å². The van der Waals surface area contributed by atoms with E-state index in [1.165, 1.54) is 4.90 Å². The van der Waals surface area contributed by atoms with Gasteiger partial charge in [-0.25, -0.2) is 4.79 Å². The van der Waals surface area contributed by atoms with Crippen LogP contribution in [0.15, 0.2) is 18.5 Å². The van der Waals surface area contributed by atoms with Crippen LogP contribution >= 0.6 is 22.6 Å². The molecule has 3 N–H and O–H groups in total. The second-order valence-electron chi connectivity index (χ2n) is 6.70. The van der Waals surface area contributed by atoms with Crippen LogP contribution in [-0.4, -0.2) is 57.2 Å². The SMILES string of the molecule is C[C@H](Oc1cnccc1-c1[nH]c2c(c1I)C(=O)NCC2)[C@H]1CCN1C(=O)O. The molecule has 2 amide bonds. The normalized spacial score (nSPS) is 19.7. The maximum absolute atomic E-state index is 12.2. The number of nitrogens with one attached hydrogen (secondary N) is 2. The number of aromatic amines is 1. The molecule has 4 heterocycles. The molecule has 0 radical (unpaired) electrons. The lowest BCUT2D eigenvalue weighted by atomic mass is 9.99. The predicted molar refractivity (Wildman–Crippen MR) is 106 cm³/mol. The van der Waals surface area contributed by atoms with Gasteiger partial charge in [0.15, 0.2) is 0 Å². The number of amides is 2. The molecule has 0 aromatic carbocycles. The first-order valence-corrected chi connectivity index (χ1v) is 9.84. The molecule has 4 rings (SSSR count). The van der Waals surface area contributed by atoms with Crippen LogP contribution < -0.4 is 10.1 Å². The van der Waals surface area contributed by atoms with Crippen molar-refractivity contribution in [3.63, 3.8) is 0 Å². The topological polar surface area (TPSA) is 108 Å². The summed E-state index contributed by atoms with van der Waals surface area (Å²) in [5, 5.41) is 12.1. The lowest BCUT2D eigenvalue weighted by Gasteiger charge is -2.42. The van der Waals surface area contributed by atoms with Crippen LogP contribution in [0.2, 0.25) is 0 Å². The van der Waals surface area contributed by atoms with Crippen LogP contribution in [0.1, 0.15) is 29.4 Å². The molecule has 0 unspecified atom stereocenters. The summed E-state index contributed by atoms with van der Waals surface area (Å²) in [6.07, 6.45) is 3.61. The van der Waals surface area contributed by atoms with Crippen LogP contribution in [-0.2, 0) is 6.42 Å². The average molecular weight is 482 g/mol. The number of carboxylic acid groups (broad SMARTS) is 1. The van der Waals surface area contributed by atoms with Crippen LogP contribution in [0.5, 0.6) is 5.75 Å². The highest BCUT2D eigenvalue weighted by molar-refractivity contribution is 14.1. The van der Waals surface area contributed by atoms with E-state index in [4.69, 9.17) is 4.74 Å². The Balaban J connectivity index is 1.65. The Hall–Kier alpha value is -2.30. The third-order valence-corrected chi connectivity index (χ3v) is 6.20. The van der Waals surface area contributed by atoms with Crippen molar-refractivity contribution >= 4 is 34.6 Å². The fourth-order valence-corrected chi connectivity index (χ4v) is 4.61. The van der Waals surface area contributed by atoms with Gasteiger partial charge in [0.1, 0.15) is 11.9 Å². The monoisotopic (exact) mass is 482 g/mol. The third kappa shape index (κ3) is 3.13. The summed E-state index contributed by atoms with van der Waals surface area (Å²) in [6, 6.07) is 1.67. The molecule has 2 aliphatic heterocycles. The molecule has 2 atom stereocenters. The van der Waals surface area contributed by atoms with Crippen molar-refractivity contribution in [2.24, 2.45) is 0 Å². The highest BCUT2D eigenvalue weighted by Gasteiger charge is 2.37. The van der Waals surface area contributed by atoms with Gasteiger partial charge in [0.25, 0.3) is 5.91 Å². The largest absolute Gasteiger partial charge is 0.486 e. The van der Waals surface area contributed by atoms with Crippen molar-refractivity contribution in [3.05, 3.63) is 33.3 Å². The number of halogens is 1. The Morgan fingerprint density at radius 3 is 3.00 bits per heavy atom. The van der Waals surface area contributed by atoms with Crippen LogP contribution in [0.4, 0.5) is 4.79 Å². The second kappa shape index (κ2) is 7.02. The van der Waals surface area contributed by atoms with Crippen molar-refractivity contribution in [1.29, 1.82) is 0 Å². The van der Waals surface area contributed by atoms with E-state index in [1.807, 2.05) is 13.0 Å². The Labute approximate surface area is 169 Å². The zero-order valence-corrected chi connectivity index (χ0v) is 16.8. The first-order valence-electron chi connectivity index (χ1n) is 8.76. The number of rotatable bonds is 4. The Bertz CT molecular complexity index is 913. The van der Waals surface area contributed by atoms with E-state index >= 15 is 0 Å². The molecule has 2 aliphatic rings. The molecule has 0 saturated carbocycles. The van der Waals surface area contributed by atoms with Crippen molar-refractivity contribution < 1.29 is 19.4 Å². The summed E-state index contributed by atoms with van der Waals surface area (Å²) in [6.45, 7) is 3.02. The van der Waals surface area contributed by atoms with E-state index < -0.39 is 6.09 Å². The number of fused-ring (bicyclic) bond motifs is 1. The van der Waals surface area contributed by atoms with E-state index in [1.54, 1.807) is 12.4 Å². The minimum atomic E-state index is -0.925. The van der Waals surface area contributed by atoms with Gasteiger partial charge in [-0.05, 0) is 42.0 Å². The first kappa shape index (κ1) is 18.1. The Morgan fingerprint density at radius 1 is 1.52 bits per heavy atom. The molecule has 0 aliphatic carbocycles. The minimum Gasteiger partial charge on any atom is -0.486 e. The van der Waals surface area contributed by atoms with Crippen LogP contribution in [0.25, 0.3) is 11.3 Å². The number of carbonyl (C=O) groups excluding carboxylic acids is 1. The van der Waals surface area contributed by atoms with E-state index in [0.717, 1.165) is 33.4 Å². The quantitative estimate of drug-likeness (QED) is 0.581. The number of nitrogens with zero attached hydrogens (tertiary/aromatic N) is 2. The predicted octanol–water partition coefficient (Wildman–Crippen LogP) is 2.49. The van der Waals surface area contributed by atoms with Crippen LogP contribution in [0.3, 0.4) is 0 Å². The summed E-state index contributed by atoms with van der Waals surface area (Å²) in [4.78, 5) is 32.4. The number of pyridine rings is 1. The fourth-order valence-electron chi connectivity index (χ4n) is 3.62. The van der Waals surface area contributed by atoms with Gasteiger partial charge in [0, 0.05) is 37.0 Å². The fraction of sp³-hybridized carbons (Fsp3) is 0.389. The molecule has 0 spiro atoms. The highest BCUT2D eigenvalue weighted by atomic mass is 127. The second-order valence-corrected chi connectivity index (χ2v) is 7.78. The zero-order valence-electron chi connectivity index (χ0n) is 14.7. The molecule has 2 aromatic heterocycles. The van der Waals surface area contributed by atoms with E-state index in [9.17, 15) is 14.7 Å². The average Bonchev–Trinajstić information content (AvgIpc) is 2.92. The number of hydrogen-bond donors (Lipinski definition) is 3. The van der Waals surface area contributed by atoms with Gasteiger partial charge < -0.3 is 25.0 Å². The number of hydrogen-bond acceptors (Lipinski definition) is 4. The van der Waals surface area contributed by atoms with Crippen molar-refractivity contribution in [2.45, 2.75) is 31.9 Å². The number of likely N-dealkylation sites (tertiary alicyclic amines) is 1. The molecule has 142 valence electrons. The molecule has 9 heteroatoms. The molecule has 8 nitrogen and oxygen atoms in total. The van der Waals surface area contributed by atoms with Gasteiger partial charge in [-0.2, -0.15) is 0 Å². The van der Waals surface area contributed by atoms with Gasteiger partial charge in [-0.15, -0.1) is 0 Å². The van der Waals surface area contributed by atoms with Crippen molar-refractivity contribution in [3.8, 4) is 17.0 Å². The number of H-pyrrole nitrogens is 1. The molecule has 27 heavy (non-hydrogen) atoms. The number of aromatic nitrogens is 2. The van der Waals surface area contributed by atoms with Gasteiger partial charge in [0.05, 0.1) is 27.1 Å². The lowest BCUT2D eigenvalue weighted by Crippen LogP contribution is -2.56. The summed E-state index contributed by atoms with van der Waals surface area (Å²) >= 11 is 2.18. The van der Waals surface area contributed by atoms with Gasteiger partial charge in [-0.3, -0.25) is 9.78 Å². The van der Waals surface area contributed by atoms with E-state index in [0.29, 0.717) is 24.4 Å². The summed E-state index contributed by atoms with van der Waals surface area (Å²) in [5.41, 5.74) is 3.24. The van der Waals surface area contributed by atoms with Crippen molar-refractivity contribution in [1.82, 2.24) is 20.2 Å². The lowest BCUT2D eigenvalue weighted by molar-refractivity contribution is 0.0150. The van der Waals surface area contributed by atoms with E-state index in [-0.39, 0.29) is 18.1 Å². The van der Waals surface area contributed by atoms with Gasteiger partial charge >= 0.3 is 6.09 Å². The Morgan fingerprint density at radius 2 is 2.33 bits per heavy atom. The van der Waals surface area contributed by atoms with Crippen molar-refractivity contribution in [2.75, 3.05) is 13.1 Å². The first-order chi connectivity index (χ1) is 13.0. The maximum atomic E-state index is 12.2. The smallest absolute Gasteiger partial charge is 0.407 e. The maximum Gasteiger partial charge on any atom is 0.407 e. The molecular formula is C18H19IN4O4. The zero-order chi connectivity index (χ0) is 19.1. The molecule has 2 aromatic rings. The molecule has 1 fully saturated rings. The van der Waals surface area contributed by atoms with Gasteiger partial charge in [0.2, 0.25) is 0 Å². The summed E-state index contributed by atoms with van der Waals surface area (Å²) < 4.78 is 6.95. The van der Waals surface area contributed by atoms with E-state index in [2.05, 4.69) is 37.9 Å².